The zero-order valence-corrected chi connectivity index (χ0v) is 20.1. The van der Waals surface area contributed by atoms with E-state index in [1.54, 1.807) is 0 Å². The van der Waals surface area contributed by atoms with Gasteiger partial charge < -0.3 is 20.5 Å². The van der Waals surface area contributed by atoms with E-state index in [2.05, 4.69) is 58.7 Å². The monoisotopic (exact) mass is 435 g/mol. The number of aryl methyl sites for hydroxylation is 2. The highest BCUT2D eigenvalue weighted by Gasteiger charge is 2.30. The fourth-order valence-corrected chi connectivity index (χ4v) is 5.10. The molecule has 2 aliphatic rings. The van der Waals surface area contributed by atoms with Gasteiger partial charge >= 0.3 is 0 Å². The quantitative estimate of drug-likeness (QED) is 0.756. The van der Waals surface area contributed by atoms with Crippen LogP contribution in [0.4, 0.5) is 0 Å². The molecule has 1 amide bonds. The van der Waals surface area contributed by atoms with Gasteiger partial charge in [-0.3, -0.25) is 4.79 Å². The minimum atomic E-state index is -0.0424. The van der Waals surface area contributed by atoms with E-state index in [0.29, 0.717) is 5.92 Å². The average molecular weight is 436 g/mol. The van der Waals surface area contributed by atoms with Crippen molar-refractivity contribution in [1.29, 1.82) is 0 Å². The number of rotatable bonds is 5. The predicted molar refractivity (Wildman–Crippen MR) is 130 cm³/mol. The Bertz CT molecular complexity index is 1030. The van der Waals surface area contributed by atoms with Crippen LogP contribution in [0.25, 0.3) is 16.8 Å². The zero-order valence-electron chi connectivity index (χ0n) is 20.1. The number of hydrogen-bond donors (Lipinski definition) is 2. The average Bonchev–Trinajstić information content (AvgIpc) is 3.07. The van der Waals surface area contributed by atoms with Gasteiger partial charge in [0.2, 0.25) is 0 Å². The number of allylic oxidation sites excluding steroid dienone is 1. The molecule has 2 atom stereocenters. The number of nitrogens with one attached hydrogen (secondary N) is 1. The van der Waals surface area contributed by atoms with Gasteiger partial charge in [0.1, 0.15) is 5.82 Å². The second-order valence-corrected chi connectivity index (χ2v) is 9.96. The molecule has 172 valence electrons. The molecule has 0 spiro atoms. The number of likely N-dealkylation sites (tertiary alicyclic amines) is 1. The third-order valence-corrected chi connectivity index (χ3v) is 7.00. The maximum absolute atomic E-state index is 13.5. The number of fused-ring (bicyclic) bond motifs is 1. The molecule has 0 saturated carbocycles. The molecule has 1 aromatic heterocycles. The van der Waals surface area contributed by atoms with Crippen molar-refractivity contribution < 1.29 is 4.79 Å². The second-order valence-electron chi connectivity index (χ2n) is 9.96. The molecule has 2 aromatic rings. The summed E-state index contributed by atoms with van der Waals surface area (Å²) in [6, 6.07) is 6.45. The molecule has 1 aliphatic carbocycles. The lowest BCUT2D eigenvalue weighted by Crippen LogP contribution is -2.58. The molecule has 4 rings (SSSR count). The Hall–Kier alpha value is -2.44. The van der Waals surface area contributed by atoms with Crippen LogP contribution in [0.3, 0.4) is 0 Å². The van der Waals surface area contributed by atoms with E-state index in [4.69, 9.17) is 5.73 Å². The van der Waals surface area contributed by atoms with Crippen molar-refractivity contribution in [3.63, 3.8) is 0 Å². The fourth-order valence-electron chi connectivity index (χ4n) is 5.10. The highest BCUT2D eigenvalue weighted by Crippen LogP contribution is 2.35. The van der Waals surface area contributed by atoms with Gasteiger partial charge in [-0.1, -0.05) is 31.6 Å². The van der Waals surface area contributed by atoms with E-state index in [-0.39, 0.29) is 18.0 Å². The van der Waals surface area contributed by atoms with E-state index in [1.807, 2.05) is 20.2 Å². The van der Waals surface area contributed by atoms with E-state index in [0.717, 1.165) is 72.7 Å². The molecule has 0 radical (unpaired) electrons. The molecular formula is C26H37N5O. The Morgan fingerprint density at radius 3 is 2.72 bits per heavy atom. The minimum Gasteiger partial charge on any atom is -0.348 e. The Morgan fingerprint density at radius 1 is 1.28 bits per heavy atom. The van der Waals surface area contributed by atoms with Crippen LogP contribution in [0.1, 0.15) is 50.6 Å². The maximum Gasteiger partial charge on any atom is 0.252 e. The van der Waals surface area contributed by atoms with E-state index in [9.17, 15) is 4.79 Å². The van der Waals surface area contributed by atoms with Crippen molar-refractivity contribution in [2.24, 2.45) is 18.7 Å². The summed E-state index contributed by atoms with van der Waals surface area (Å²) in [6.45, 7) is 11.4. The largest absolute Gasteiger partial charge is 0.348 e. The minimum absolute atomic E-state index is 0.0134. The highest BCUT2D eigenvalue weighted by molar-refractivity contribution is 6.21. The number of nitrogens with two attached hydrogens (primary N) is 1. The van der Waals surface area contributed by atoms with Crippen molar-refractivity contribution in [2.75, 3.05) is 19.6 Å². The lowest BCUT2D eigenvalue weighted by Gasteiger charge is -2.38. The molecule has 1 aliphatic heterocycles. The summed E-state index contributed by atoms with van der Waals surface area (Å²) in [5, 5.41) is 3.29. The molecule has 6 nitrogen and oxygen atoms in total. The molecule has 1 fully saturated rings. The van der Waals surface area contributed by atoms with Crippen LogP contribution >= 0.6 is 0 Å². The van der Waals surface area contributed by atoms with Gasteiger partial charge in [-0.15, -0.1) is 0 Å². The first-order valence-electron chi connectivity index (χ1n) is 11.8. The summed E-state index contributed by atoms with van der Waals surface area (Å²) in [7, 11) is 2.03. The molecule has 32 heavy (non-hydrogen) atoms. The number of aromatic nitrogens is 2. The van der Waals surface area contributed by atoms with Gasteiger partial charge in [0.15, 0.2) is 0 Å². The van der Waals surface area contributed by atoms with Crippen LogP contribution in [-0.4, -0.2) is 52.1 Å². The molecule has 6 heteroatoms. The van der Waals surface area contributed by atoms with Crippen molar-refractivity contribution in [2.45, 2.75) is 59.0 Å². The standard InChI is InChI=1S/C26H37N5O/c1-16(2)14-31-11-10-23(22(27)15-31)29-26(32)25-17(3)6-7-19-8-9-20(12-21(19)25)24-13-28-18(4)30(24)5/h8-9,12-13,16,22-23H,6-7,10-11,14-15,27H2,1-5H3,(H,29,32)/t22-,23-/m0/s1. The summed E-state index contributed by atoms with van der Waals surface area (Å²) < 4.78 is 2.09. The van der Waals surface area contributed by atoms with Crippen molar-refractivity contribution in [3.05, 3.63) is 46.9 Å². The first kappa shape index (κ1) is 22.7. The maximum atomic E-state index is 13.5. The zero-order chi connectivity index (χ0) is 23.0. The SMILES string of the molecule is CC1=C(C(=O)N[C@H]2CCN(CC(C)C)C[C@@H]2N)c2cc(-c3cnc(C)n3C)ccc2CC1. The number of benzene rings is 1. The summed E-state index contributed by atoms with van der Waals surface area (Å²) >= 11 is 0. The molecule has 3 N–H and O–H groups in total. The van der Waals surface area contributed by atoms with Crippen LogP contribution in [0.2, 0.25) is 0 Å². The first-order valence-corrected chi connectivity index (χ1v) is 11.8. The van der Waals surface area contributed by atoms with Crippen LogP contribution in [0.5, 0.6) is 0 Å². The van der Waals surface area contributed by atoms with Gasteiger partial charge in [-0.2, -0.15) is 0 Å². The number of imidazole rings is 1. The van der Waals surface area contributed by atoms with Gasteiger partial charge in [-0.25, -0.2) is 4.98 Å². The Kier molecular flexibility index (Phi) is 6.54. The van der Waals surface area contributed by atoms with Gasteiger partial charge in [0, 0.05) is 49.9 Å². The van der Waals surface area contributed by atoms with E-state index >= 15 is 0 Å². The highest BCUT2D eigenvalue weighted by atomic mass is 16.1. The number of hydrogen-bond acceptors (Lipinski definition) is 4. The summed E-state index contributed by atoms with van der Waals surface area (Å²) in [5.41, 5.74) is 12.9. The molecule has 1 aromatic carbocycles. The number of amides is 1. The normalized spacial score (nSPS) is 21.7. The Labute approximate surface area is 191 Å². The van der Waals surface area contributed by atoms with Gasteiger partial charge in [-0.05, 0) is 56.2 Å². The number of nitrogens with zero attached hydrogens (tertiary/aromatic N) is 3. The first-order chi connectivity index (χ1) is 15.2. The molecule has 0 unspecified atom stereocenters. The number of carbonyl (C=O) groups is 1. The molecular weight excluding hydrogens is 398 g/mol. The van der Waals surface area contributed by atoms with E-state index in [1.165, 1.54) is 5.56 Å². The topological polar surface area (TPSA) is 76.2 Å². The second kappa shape index (κ2) is 9.20. The Balaban J connectivity index is 1.56. The smallest absolute Gasteiger partial charge is 0.252 e. The predicted octanol–water partition coefficient (Wildman–Crippen LogP) is 3.29. The summed E-state index contributed by atoms with van der Waals surface area (Å²) in [4.78, 5) is 20.4. The van der Waals surface area contributed by atoms with Crippen LogP contribution in [-0.2, 0) is 18.3 Å². The van der Waals surface area contributed by atoms with Crippen molar-refractivity contribution in [1.82, 2.24) is 19.8 Å². The molecule has 0 bridgehead atoms. The lowest BCUT2D eigenvalue weighted by atomic mass is 9.84. The third-order valence-electron chi connectivity index (χ3n) is 7.00. The Morgan fingerprint density at radius 2 is 2.06 bits per heavy atom. The van der Waals surface area contributed by atoms with Crippen molar-refractivity contribution >= 4 is 11.5 Å². The molecule has 2 heterocycles. The van der Waals surface area contributed by atoms with E-state index < -0.39 is 0 Å². The number of piperidine rings is 1. The van der Waals surface area contributed by atoms with Crippen LogP contribution < -0.4 is 11.1 Å². The fraction of sp³-hybridized carbons (Fsp3) is 0.538. The number of carbonyl (C=O) groups excluding carboxylic acids is 1. The molecule has 1 saturated heterocycles. The third kappa shape index (κ3) is 4.52. The van der Waals surface area contributed by atoms with Crippen molar-refractivity contribution in [3.8, 4) is 11.3 Å². The van der Waals surface area contributed by atoms with Crippen LogP contribution in [0.15, 0.2) is 30.0 Å². The summed E-state index contributed by atoms with van der Waals surface area (Å²) in [5.74, 6) is 1.61. The summed E-state index contributed by atoms with van der Waals surface area (Å²) in [6.07, 6.45) is 4.68. The van der Waals surface area contributed by atoms with Crippen LogP contribution in [0, 0.1) is 12.8 Å². The van der Waals surface area contributed by atoms with Gasteiger partial charge in [0.25, 0.3) is 5.91 Å². The van der Waals surface area contributed by atoms with Gasteiger partial charge in [0.05, 0.1) is 11.9 Å². The lowest BCUT2D eigenvalue weighted by molar-refractivity contribution is -0.116.